The summed E-state index contributed by atoms with van der Waals surface area (Å²) in [6.07, 6.45) is 1.76. The Hall–Kier alpha value is -2.56. The van der Waals surface area contributed by atoms with E-state index in [0.29, 0.717) is 18.0 Å². The summed E-state index contributed by atoms with van der Waals surface area (Å²) < 4.78 is 5.01. The molecule has 2 N–H and O–H groups in total. The van der Waals surface area contributed by atoms with E-state index in [4.69, 9.17) is 4.74 Å². The van der Waals surface area contributed by atoms with E-state index in [0.717, 1.165) is 11.3 Å². The summed E-state index contributed by atoms with van der Waals surface area (Å²) in [4.78, 5) is 15.7. The maximum absolute atomic E-state index is 11.5. The van der Waals surface area contributed by atoms with Gasteiger partial charge in [0, 0.05) is 37.1 Å². The Bertz CT molecular complexity index is 582. The molecule has 2 aromatic rings. The van der Waals surface area contributed by atoms with Crippen molar-refractivity contribution < 1.29 is 9.53 Å². The lowest BCUT2D eigenvalue weighted by Gasteiger charge is -2.08. The van der Waals surface area contributed by atoms with E-state index in [2.05, 4.69) is 15.6 Å². The van der Waals surface area contributed by atoms with Gasteiger partial charge in [-0.2, -0.15) is 0 Å². The first-order valence-corrected chi connectivity index (χ1v) is 6.28. The largest absolute Gasteiger partial charge is 0.481 e. The zero-order chi connectivity index (χ0) is 14.4. The molecule has 0 aliphatic heterocycles. The number of rotatable bonds is 5. The molecular formula is C15H17N3O2. The molecule has 0 spiro atoms. The minimum atomic E-state index is -0.0974. The molecular weight excluding hydrogens is 254 g/mol. The van der Waals surface area contributed by atoms with Gasteiger partial charge in [0.15, 0.2) is 0 Å². The van der Waals surface area contributed by atoms with Crippen LogP contribution in [0.15, 0.2) is 42.6 Å². The smallest absolute Gasteiger partial charge is 0.251 e. The molecule has 1 aromatic heterocycles. The maximum atomic E-state index is 11.5. The first-order valence-electron chi connectivity index (χ1n) is 6.28. The number of aromatic nitrogens is 1. The molecule has 104 valence electrons. The average molecular weight is 271 g/mol. The predicted molar refractivity (Wildman–Crippen MR) is 77.9 cm³/mol. The quantitative estimate of drug-likeness (QED) is 0.873. The number of hydrogen-bond donors (Lipinski definition) is 2. The lowest BCUT2D eigenvalue weighted by Crippen LogP contribution is -2.17. The van der Waals surface area contributed by atoms with Gasteiger partial charge in [0.1, 0.15) is 0 Å². The van der Waals surface area contributed by atoms with E-state index >= 15 is 0 Å². The first kappa shape index (κ1) is 13.9. The number of pyridine rings is 1. The van der Waals surface area contributed by atoms with Crippen LogP contribution in [0.3, 0.4) is 0 Å². The fraction of sp³-hybridized carbons (Fsp3) is 0.200. The number of nitrogens with zero attached hydrogens (tertiary/aromatic N) is 1. The van der Waals surface area contributed by atoms with E-state index in [9.17, 15) is 4.79 Å². The first-order chi connectivity index (χ1) is 9.72. The Morgan fingerprint density at radius 1 is 1.30 bits per heavy atom. The van der Waals surface area contributed by atoms with Crippen molar-refractivity contribution in [1.82, 2.24) is 10.3 Å². The molecule has 0 aliphatic carbocycles. The van der Waals surface area contributed by atoms with Gasteiger partial charge in [0.25, 0.3) is 5.91 Å². The van der Waals surface area contributed by atoms with Gasteiger partial charge in [0.05, 0.1) is 7.11 Å². The van der Waals surface area contributed by atoms with Crippen LogP contribution in [0.5, 0.6) is 5.88 Å². The minimum absolute atomic E-state index is 0.0974. The van der Waals surface area contributed by atoms with Crippen LogP contribution < -0.4 is 15.4 Å². The van der Waals surface area contributed by atoms with Crippen molar-refractivity contribution in [2.75, 3.05) is 19.5 Å². The van der Waals surface area contributed by atoms with Crippen LogP contribution in [0.4, 0.5) is 5.69 Å². The second kappa shape index (κ2) is 6.56. The maximum Gasteiger partial charge on any atom is 0.251 e. The third kappa shape index (κ3) is 3.47. The highest BCUT2D eigenvalue weighted by molar-refractivity contribution is 5.94. The SMILES string of the molecule is CNC(=O)c1cccc(NCc2ccc(OC)nc2)c1. The molecule has 0 atom stereocenters. The molecule has 20 heavy (non-hydrogen) atoms. The van der Waals surface area contributed by atoms with Crippen LogP contribution >= 0.6 is 0 Å². The van der Waals surface area contributed by atoms with Crippen molar-refractivity contribution in [2.24, 2.45) is 0 Å². The molecule has 0 aliphatic rings. The number of benzene rings is 1. The van der Waals surface area contributed by atoms with Gasteiger partial charge < -0.3 is 15.4 Å². The standard InChI is InChI=1S/C15H17N3O2/c1-16-15(19)12-4-3-5-13(8-12)17-9-11-6-7-14(20-2)18-10-11/h3-8,10,17H,9H2,1-2H3,(H,16,19). The van der Waals surface area contributed by atoms with Gasteiger partial charge >= 0.3 is 0 Å². The molecule has 5 nitrogen and oxygen atoms in total. The number of hydrogen-bond acceptors (Lipinski definition) is 4. The monoisotopic (exact) mass is 271 g/mol. The topological polar surface area (TPSA) is 63.2 Å². The van der Waals surface area contributed by atoms with Crippen LogP contribution in [-0.4, -0.2) is 25.0 Å². The fourth-order valence-corrected chi connectivity index (χ4v) is 1.76. The molecule has 1 heterocycles. The van der Waals surface area contributed by atoms with Crippen molar-refractivity contribution in [3.63, 3.8) is 0 Å². The van der Waals surface area contributed by atoms with E-state index < -0.39 is 0 Å². The third-order valence-corrected chi connectivity index (χ3v) is 2.86. The number of nitrogens with one attached hydrogen (secondary N) is 2. The van der Waals surface area contributed by atoms with Crippen molar-refractivity contribution in [3.8, 4) is 5.88 Å². The van der Waals surface area contributed by atoms with Gasteiger partial charge in [-0.05, 0) is 23.8 Å². The average Bonchev–Trinajstić information content (AvgIpc) is 2.53. The van der Waals surface area contributed by atoms with Gasteiger partial charge in [-0.1, -0.05) is 12.1 Å². The lowest BCUT2D eigenvalue weighted by atomic mass is 10.2. The van der Waals surface area contributed by atoms with Crippen molar-refractivity contribution in [2.45, 2.75) is 6.54 Å². The van der Waals surface area contributed by atoms with Crippen molar-refractivity contribution in [3.05, 3.63) is 53.7 Å². The summed E-state index contributed by atoms with van der Waals surface area (Å²) in [5, 5.41) is 5.86. The lowest BCUT2D eigenvalue weighted by molar-refractivity contribution is 0.0963. The summed E-state index contributed by atoms with van der Waals surface area (Å²) in [5.41, 5.74) is 2.56. The van der Waals surface area contributed by atoms with E-state index in [1.165, 1.54) is 0 Å². The molecule has 0 fully saturated rings. The number of carbonyl (C=O) groups is 1. The molecule has 1 aromatic carbocycles. The summed E-state index contributed by atoms with van der Waals surface area (Å²) >= 11 is 0. The van der Waals surface area contributed by atoms with Crippen LogP contribution in [-0.2, 0) is 6.54 Å². The van der Waals surface area contributed by atoms with Gasteiger partial charge in [-0.3, -0.25) is 4.79 Å². The Kier molecular flexibility index (Phi) is 4.55. The number of methoxy groups -OCH3 is 1. The summed E-state index contributed by atoms with van der Waals surface area (Å²) in [6, 6.07) is 11.1. The molecule has 5 heteroatoms. The van der Waals surface area contributed by atoms with Crippen LogP contribution in [0.25, 0.3) is 0 Å². The van der Waals surface area contributed by atoms with Crippen LogP contribution in [0, 0.1) is 0 Å². The highest BCUT2D eigenvalue weighted by Crippen LogP contribution is 2.13. The zero-order valence-corrected chi connectivity index (χ0v) is 11.5. The number of amides is 1. The minimum Gasteiger partial charge on any atom is -0.481 e. The highest BCUT2D eigenvalue weighted by Gasteiger charge is 2.03. The summed E-state index contributed by atoms with van der Waals surface area (Å²) in [6.45, 7) is 0.633. The Morgan fingerprint density at radius 2 is 2.15 bits per heavy atom. The predicted octanol–water partition coefficient (Wildman–Crippen LogP) is 2.06. The Labute approximate surface area is 118 Å². The zero-order valence-electron chi connectivity index (χ0n) is 11.5. The molecule has 0 unspecified atom stereocenters. The van der Waals surface area contributed by atoms with Gasteiger partial charge in [-0.15, -0.1) is 0 Å². The second-order valence-electron chi connectivity index (χ2n) is 4.22. The summed E-state index contributed by atoms with van der Waals surface area (Å²) in [7, 11) is 3.20. The van der Waals surface area contributed by atoms with E-state index in [1.807, 2.05) is 30.3 Å². The molecule has 1 amide bonds. The molecule has 0 saturated carbocycles. The van der Waals surface area contributed by atoms with Gasteiger partial charge in [-0.25, -0.2) is 4.98 Å². The fourth-order valence-electron chi connectivity index (χ4n) is 1.76. The third-order valence-electron chi connectivity index (χ3n) is 2.86. The van der Waals surface area contributed by atoms with Crippen LogP contribution in [0.1, 0.15) is 15.9 Å². The molecule has 0 saturated heterocycles. The van der Waals surface area contributed by atoms with Gasteiger partial charge in [0.2, 0.25) is 5.88 Å². The Balaban J connectivity index is 2.01. The molecule has 0 radical (unpaired) electrons. The van der Waals surface area contributed by atoms with Crippen molar-refractivity contribution >= 4 is 11.6 Å². The molecule has 2 rings (SSSR count). The van der Waals surface area contributed by atoms with E-state index in [-0.39, 0.29) is 5.91 Å². The number of anilines is 1. The van der Waals surface area contributed by atoms with Crippen LogP contribution in [0.2, 0.25) is 0 Å². The second-order valence-corrected chi connectivity index (χ2v) is 4.22. The van der Waals surface area contributed by atoms with E-state index in [1.54, 1.807) is 26.4 Å². The Morgan fingerprint density at radius 3 is 2.80 bits per heavy atom. The number of carbonyl (C=O) groups excluding carboxylic acids is 1. The molecule has 0 bridgehead atoms. The number of ether oxygens (including phenoxy) is 1. The van der Waals surface area contributed by atoms with Crippen molar-refractivity contribution in [1.29, 1.82) is 0 Å². The summed E-state index contributed by atoms with van der Waals surface area (Å²) in [5.74, 6) is 0.495. The normalized spacial score (nSPS) is 9.90. The highest BCUT2D eigenvalue weighted by atomic mass is 16.5.